The summed E-state index contributed by atoms with van der Waals surface area (Å²) in [6.07, 6.45) is -2.86. The number of aryl methyl sites for hydroxylation is 1. The molecule has 2 aromatic heterocycles. The van der Waals surface area contributed by atoms with Gasteiger partial charge in [-0.05, 0) is 30.7 Å². The Bertz CT molecular complexity index is 572. The molecule has 0 aromatic carbocycles. The van der Waals surface area contributed by atoms with Crippen molar-refractivity contribution in [1.29, 1.82) is 0 Å². The van der Waals surface area contributed by atoms with E-state index in [4.69, 9.17) is 0 Å². The van der Waals surface area contributed by atoms with E-state index in [0.29, 0.717) is 15.4 Å². The molecule has 0 saturated carbocycles. The van der Waals surface area contributed by atoms with Crippen LogP contribution in [0.3, 0.4) is 0 Å². The molecule has 18 heavy (non-hydrogen) atoms. The van der Waals surface area contributed by atoms with Crippen LogP contribution in [0.2, 0.25) is 0 Å². The molecule has 0 spiro atoms. The molecule has 0 aliphatic carbocycles. The highest BCUT2D eigenvalue weighted by molar-refractivity contribution is 7.17. The Labute approximate surface area is 105 Å². The molecule has 0 unspecified atom stereocenters. The van der Waals surface area contributed by atoms with E-state index in [2.05, 4.69) is 4.98 Å². The van der Waals surface area contributed by atoms with Crippen LogP contribution in [0, 0.1) is 6.92 Å². The number of hydrogen-bond donors (Lipinski definition) is 0. The van der Waals surface area contributed by atoms with Gasteiger partial charge < -0.3 is 0 Å². The summed E-state index contributed by atoms with van der Waals surface area (Å²) in [4.78, 5) is 15.7. The van der Waals surface area contributed by atoms with Crippen LogP contribution in [0.15, 0.2) is 24.4 Å². The van der Waals surface area contributed by atoms with E-state index in [9.17, 15) is 18.0 Å². The van der Waals surface area contributed by atoms with Gasteiger partial charge in [0.25, 0.3) is 0 Å². The second-order valence-corrected chi connectivity index (χ2v) is 4.79. The van der Waals surface area contributed by atoms with Gasteiger partial charge in [-0.3, -0.25) is 9.78 Å². The van der Waals surface area contributed by atoms with E-state index < -0.39 is 11.7 Å². The molecule has 0 bridgehead atoms. The summed E-state index contributed by atoms with van der Waals surface area (Å²) in [6.45, 7) is 1.77. The smallest absolute Gasteiger partial charge is 0.297 e. The second kappa shape index (κ2) is 4.53. The zero-order chi connectivity index (χ0) is 13.3. The molecule has 0 radical (unpaired) electrons. The van der Waals surface area contributed by atoms with E-state index in [-0.39, 0.29) is 0 Å². The van der Waals surface area contributed by atoms with Crippen molar-refractivity contribution in [3.8, 4) is 10.6 Å². The highest BCUT2D eigenvalue weighted by atomic mass is 32.1. The first-order chi connectivity index (χ1) is 8.41. The molecule has 2 nitrogen and oxygen atoms in total. The maximum Gasteiger partial charge on any atom is 0.417 e. The van der Waals surface area contributed by atoms with Gasteiger partial charge in [-0.1, -0.05) is 0 Å². The van der Waals surface area contributed by atoms with Crippen molar-refractivity contribution in [3.63, 3.8) is 0 Å². The maximum absolute atomic E-state index is 12.4. The first-order valence-corrected chi connectivity index (χ1v) is 5.82. The van der Waals surface area contributed by atoms with Crippen molar-refractivity contribution in [2.24, 2.45) is 0 Å². The normalized spacial score (nSPS) is 11.6. The summed E-state index contributed by atoms with van der Waals surface area (Å²) in [5, 5.41) is 0. The van der Waals surface area contributed by atoms with E-state index >= 15 is 0 Å². The number of aromatic nitrogens is 1. The van der Waals surface area contributed by atoms with Crippen molar-refractivity contribution < 1.29 is 18.0 Å². The first kappa shape index (κ1) is 12.8. The predicted octanol–water partition coefficient (Wildman–Crippen LogP) is 3.95. The van der Waals surface area contributed by atoms with Crippen LogP contribution in [-0.4, -0.2) is 11.3 Å². The second-order valence-electron chi connectivity index (χ2n) is 3.71. The Hall–Kier alpha value is -1.69. The van der Waals surface area contributed by atoms with Gasteiger partial charge in [-0.2, -0.15) is 13.2 Å². The maximum atomic E-state index is 12.4. The number of alkyl halides is 3. The summed E-state index contributed by atoms with van der Waals surface area (Å²) in [5.41, 5.74) is 0.450. The van der Waals surface area contributed by atoms with Crippen LogP contribution < -0.4 is 0 Å². The number of aldehydes is 1. The number of carbonyl (C=O) groups is 1. The van der Waals surface area contributed by atoms with Crippen LogP contribution in [-0.2, 0) is 6.18 Å². The quantitative estimate of drug-likeness (QED) is 0.774. The van der Waals surface area contributed by atoms with E-state index in [1.165, 1.54) is 17.4 Å². The van der Waals surface area contributed by atoms with E-state index in [1.807, 2.05) is 0 Å². The lowest BCUT2D eigenvalue weighted by molar-refractivity contribution is -0.137. The summed E-state index contributed by atoms with van der Waals surface area (Å²) in [7, 11) is 0. The van der Waals surface area contributed by atoms with Gasteiger partial charge in [0, 0.05) is 6.20 Å². The SMILES string of the molecule is Cc1cc(-c2ccc(C(F)(F)F)cn2)sc1C=O. The predicted molar refractivity (Wildman–Crippen MR) is 62.7 cm³/mol. The lowest BCUT2D eigenvalue weighted by Gasteiger charge is -2.05. The number of carbonyl (C=O) groups excluding carboxylic acids is 1. The average Bonchev–Trinajstić information content (AvgIpc) is 2.69. The molecule has 94 valence electrons. The number of nitrogens with zero attached hydrogens (tertiary/aromatic N) is 1. The zero-order valence-electron chi connectivity index (χ0n) is 9.28. The minimum atomic E-state index is -4.38. The molecule has 2 aromatic rings. The third kappa shape index (κ3) is 2.43. The van der Waals surface area contributed by atoms with Crippen LogP contribution in [0.5, 0.6) is 0 Å². The fourth-order valence-electron chi connectivity index (χ4n) is 1.45. The average molecular weight is 271 g/mol. The fourth-order valence-corrected chi connectivity index (χ4v) is 2.41. The molecule has 2 rings (SSSR count). The molecule has 0 fully saturated rings. The molecule has 2 heterocycles. The Morgan fingerprint density at radius 1 is 1.33 bits per heavy atom. The van der Waals surface area contributed by atoms with E-state index in [1.54, 1.807) is 13.0 Å². The van der Waals surface area contributed by atoms with Gasteiger partial charge in [0.2, 0.25) is 0 Å². The highest BCUT2D eigenvalue weighted by Gasteiger charge is 2.30. The third-order valence-electron chi connectivity index (χ3n) is 2.41. The molecule has 0 aliphatic rings. The Morgan fingerprint density at radius 2 is 2.06 bits per heavy atom. The molecular weight excluding hydrogens is 263 g/mol. The molecular formula is C12H8F3NOS. The largest absolute Gasteiger partial charge is 0.417 e. The summed E-state index contributed by atoms with van der Waals surface area (Å²) in [6, 6.07) is 4.03. The number of pyridine rings is 1. The topological polar surface area (TPSA) is 30.0 Å². The monoisotopic (exact) mass is 271 g/mol. The third-order valence-corrected chi connectivity index (χ3v) is 3.59. The van der Waals surface area contributed by atoms with Crippen molar-refractivity contribution in [3.05, 3.63) is 40.4 Å². The van der Waals surface area contributed by atoms with Crippen LogP contribution >= 0.6 is 11.3 Å². The summed E-state index contributed by atoms with van der Waals surface area (Å²) in [5.74, 6) is 0. The van der Waals surface area contributed by atoms with E-state index in [0.717, 1.165) is 24.1 Å². The van der Waals surface area contributed by atoms with Crippen molar-refractivity contribution in [1.82, 2.24) is 4.98 Å². The summed E-state index contributed by atoms with van der Waals surface area (Å²) < 4.78 is 37.1. The molecule has 0 N–H and O–H groups in total. The lowest BCUT2D eigenvalue weighted by Crippen LogP contribution is -2.05. The number of thiophene rings is 1. The van der Waals surface area contributed by atoms with Crippen LogP contribution in [0.4, 0.5) is 13.2 Å². The molecule has 6 heteroatoms. The van der Waals surface area contributed by atoms with Crippen molar-refractivity contribution in [2.45, 2.75) is 13.1 Å². The van der Waals surface area contributed by atoms with Gasteiger partial charge in [0.1, 0.15) is 0 Å². The van der Waals surface area contributed by atoms with Gasteiger partial charge in [-0.25, -0.2) is 0 Å². The Balaban J connectivity index is 2.37. The number of hydrogen-bond acceptors (Lipinski definition) is 3. The highest BCUT2D eigenvalue weighted by Crippen LogP contribution is 2.32. The molecule has 0 aliphatic heterocycles. The number of halogens is 3. The van der Waals surface area contributed by atoms with Gasteiger partial charge in [0.05, 0.1) is 21.0 Å². The van der Waals surface area contributed by atoms with Gasteiger partial charge >= 0.3 is 6.18 Å². The van der Waals surface area contributed by atoms with Crippen molar-refractivity contribution in [2.75, 3.05) is 0 Å². The minimum absolute atomic E-state index is 0.434. The van der Waals surface area contributed by atoms with Gasteiger partial charge in [0.15, 0.2) is 6.29 Å². The minimum Gasteiger partial charge on any atom is -0.297 e. The van der Waals surface area contributed by atoms with Crippen LogP contribution in [0.1, 0.15) is 20.8 Å². The fraction of sp³-hybridized carbons (Fsp3) is 0.167. The lowest BCUT2D eigenvalue weighted by atomic mass is 10.2. The summed E-state index contributed by atoms with van der Waals surface area (Å²) >= 11 is 1.21. The van der Waals surface area contributed by atoms with Crippen LogP contribution in [0.25, 0.3) is 10.6 Å². The van der Waals surface area contributed by atoms with Crippen molar-refractivity contribution >= 4 is 17.6 Å². The first-order valence-electron chi connectivity index (χ1n) is 5.01. The van der Waals surface area contributed by atoms with Gasteiger partial charge in [-0.15, -0.1) is 11.3 Å². The molecule has 0 amide bonds. The number of rotatable bonds is 2. The zero-order valence-corrected chi connectivity index (χ0v) is 10.1. The molecule has 0 atom stereocenters. The molecule has 0 saturated heterocycles. The standard InChI is InChI=1S/C12H8F3NOS/c1-7-4-10(18-11(7)6-17)9-3-2-8(5-16-9)12(13,14)15/h2-6H,1H3. The Morgan fingerprint density at radius 3 is 2.50 bits per heavy atom. The Kier molecular flexibility index (Phi) is 3.21.